The normalized spacial score (nSPS) is 13.7. The highest BCUT2D eigenvalue weighted by Crippen LogP contribution is 2.37. The van der Waals surface area contributed by atoms with Gasteiger partial charge in [0.25, 0.3) is 0 Å². The summed E-state index contributed by atoms with van der Waals surface area (Å²) in [5, 5.41) is 0. The second kappa shape index (κ2) is 4.58. The highest BCUT2D eigenvalue weighted by molar-refractivity contribution is 9.10. The summed E-state index contributed by atoms with van der Waals surface area (Å²) in [5.74, 6) is -0.944. The second-order valence-corrected chi connectivity index (χ2v) is 3.88. The molecule has 0 radical (unpaired) electrons. The standard InChI is InChI=1S/C9H8BrF4NO/c1-16-7-3-6(11)5(10)2-4(7)8(15)9(12,13)14/h2-3,8H,15H2,1H3. The number of halogens is 5. The van der Waals surface area contributed by atoms with Crippen molar-refractivity contribution in [1.29, 1.82) is 0 Å². The van der Waals surface area contributed by atoms with Gasteiger partial charge in [0.05, 0.1) is 11.6 Å². The molecule has 0 aliphatic carbocycles. The summed E-state index contributed by atoms with van der Waals surface area (Å²) >= 11 is 2.79. The van der Waals surface area contributed by atoms with E-state index in [0.717, 1.165) is 19.2 Å². The van der Waals surface area contributed by atoms with Crippen LogP contribution in [0.4, 0.5) is 17.6 Å². The fourth-order valence-electron chi connectivity index (χ4n) is 1.14. The molecule has 0 spiro atoms. The Morgan fingerprint density at radius 1 is 1.38 bits per heavy atom. The lowest BCUT2D eigenvalue weighted by molar-refractivity contribution is -0.149. The van der Waals surface area contributed by atoms with Crippen LogP contribution >= 0.6 is 15.9 Å². The van der Waals surface area contributed by atoms with Gasteiger partial charge in [-0.05, 0) is 22.0 Å². The zero-order chi connectivity index (χ0) is 12.5. The van der Waals surface area contributed by atoms with Crippen molar-refractivity contribution >= 4 is 15.9 Å². The maximum atomic E-state index is 13.1. The Kier molecular flexibility index (Phi) is 3.80. The van der Waals surface area contributed by atoms with Crippen molar-refractivity contribution in [1.82, 2.24) is 0 Å². The number of ether oxygens (including phenoxy) is 1. The molecule has 0 saturated heterocycles. The summed E-state index contributed by atoms with van der Waals surface area (Å²) in [6.07, 6.45) is -4.61. The molecule has 2 N–H and O–H groups in total. The van der Waals surface area contributed by atoms with Crippen molar-refractivity contribution in [2.24, 2.45) is 5.73 Å². The smallest absolute Gasteiger partial charge is 0.407 e. The van der Waals surface area contributed by atoms with Crippen LogP contribution in [0, 0.1) is 5.82 Å². The van der Waals surface area contributed by atoms with Gasteiger partial charge in [0.2, 0.25) is 0 Å². The number of hydrogen-bond acceptors (Lipinski definition) is 2. The van der Waals surface area contributed by atoms with Gasteiger partial charge in [-0.15, -0.1) is 0 Å². The molecule has 1 aromatic rings. The van der Waals surface area contributed by atoms with E-state index < -0.39 is 18.0 Å². The molecule has 0 aliphatic heterocycles. The molecule has 7 heteroatoms. The molecular formula is C9H8BrF4NO. The second-order valence-electron chi connectivity index (χ2n) is 3.03. The van der Waals surface area contributed by atoms with Gasteiger partial charge in [-0.2, -0.15) is 13.2 Å². The van der Waals surface area contributed by atoms with Gasteiger partial charge in [-0.25, -0.2) is 4.39 Å². The molecular weight excluding hydrogens is 294 g/mol. The quantitative estimate of drug-likeness (QED) is 0.852. The van der Waals surface area contributed by atoms with Crippen LogP contribution in [-0.4, -0.2) is 13.3 Å². The maximum absolute atomic E-state index is 13.1. The summed E-state index contributed by atoms with van der Waals surface area (Å²) in [6, 6.07) is -0.392. The minimum absolute atomic E-state index is 0.0944. The Morgan fingerprint density at radius 2 is 1.94 bits per heavy atom. The molecule has 0 heterocycles. The maximum Gasteiger partial charge on any atom is 0.407 e. The van der Waals surface area contributed by atoms with E-state index in [4.69, 9.17) is 5.73 Å². The van der Waals surface area contributed by atoms with Crippen molar-refractivity contribution < 1.29 is 22.3 Å². The lowest BCUT2D eigenvalue weighted by atomic mass is 10.1. The van der Waals surface area contributed by atoms with Crippen LogP contribution < -0.4 is 10.5 Å². The molecule has 1 aromatic carbocycles. The average Bonchev–Trinajstić information content (AvgIpc) is 2.19. The molecule has 0 fully saturated rings. The van der Waals surface area contributed by atoms with E-state index >= 15 is 0 Å². The third kappa shape index (κ3) is 2.65. The molecule has 0 aromatic heterocycles. The van der Waals surface area contributed by atoms with Gasteiger partial charge in [-0.3, -0.25) is 0 Å². The van der Waals surface area contributed by atoms with Gasteiger partial charge < -0.3 is 10.5 Å². The lowest BCUT2D eigenvalue weighted by Crippen LogP contribution is -2.28. The molecule has 0 aliphatic rings. The molecule has 0 bridgehead atoms. The number of rotatable bonds is 2. The molecule has 16 heavy (non-hydrogen) atoms. The first kappa shape index (κ1) is 13.2. The number of alkyl halides is 3. The Balaban J connectivity index is 3.27. The Bertz CT molecular complexity index is 394. The van der Waals surface area contributed by atoms with Crippen LogP contribution in [0.1, 0.15) is 11.6 Å². The minimum atomic E-state index is -4.61. The van der Waals surface area contributed by atoms with Crippen LogP contribution in [0.2, 0.25) is 0 Å². The Labute approximate surface area is 97.5 Å². The first-order chi connectivity index (χ1) is 7.27. The van der Waals surface area contributed by atoms with Crippen LogP contribution in [0.3, 0.4) is 0 Å². The fraction of sp³-hybridized carbons (Fsp3) is 0.333. The van der Waals surface area contributed by atoms with Crippen molar-refractivity contribution in [2.45, 2.75) is 12.2 Å². The molecule has 0 saturated carbocycles. The molecule has 1 atom stereocenters. The largest absolute Gasteiger partial charge is 0.496 e. The lowest BCUT2D eigenvalue weighted by Gasteiger charge is -2.19. The van der Waals surface area contributed by atoms with E-state index in [9.17, 15) is 17.6 Å². The van der Waals surface area contributed by atoms with Crippen LogP contribution in [-0.2, 0) is 0 Å². The summed E-state index contributed by atoms with van der Waals surface area (Å²) in [4.78, 5) is 0. The molecule has 0 amide bonds. The first-order valence-electron chi connectivity index (χ1n) is 4.12. The molecule has 2 nitrogen and oxygen atoms in total. The van der Waals surface area contributed by atoms with E-state index in [1.54, 1.807) is 0 Å². The average molecular weight is 302 g/mol. The monoisotopic (exact) mass is 301 g/mol. The topological polar surface area (TPSA) is 35.2 Å². The number of hydrogen-bond donors (Lipinski definition) is 1. The summed E-state index contributed by atoms with van der Waals surface area (Å²) in [7, 11) is 1.15. The Morgan fingerprint density at radius 3 is 2.38 bits per heavy atom. The predicted octanol–water partition coefficient (Wildman–Crippen LogP) is 3.16. The van der Waals surface area contributed by atoms with Crippen molar-refractivity contribution in [3.63, 3.8) is 0 Å². The Hall–Kier alpha value is -0.820. The number of benzene rings is 1. The van der Waals surface area contributed by atoms with Crippen molar-refractivity contribution in [3.8, 4) is 5.75 Å². The predicted molar refractivity (Wildman–Crippen MR) is 53.6 cm³/mol. The summed E-state index contributed by atoms with van der Waals surface area (Å²) in [5.41, 5.74) is 4.70. The van der Waals surface area contributed by atoms with E-state index in [-0.39, 0.29) is 15.8 Å². The van der Waals surface area contributed by atoms with Crippen molar-refractivity contribution in [2.75, 3.05) is 7.11 Å². The summed E-state index contributed by atoms with van der Waals surface area (Å²) < 4.78 is 54.8. The van der Waals surface area contributed by atoms with Gasteiger partial charge in [0.15, 0.2) is 0 Å². The van der Waals surface area contributed by atoms with E-state index in [0.29, 0.717) is 0 Å². The van der Waals surface area contributed by atoms with Gasteiger partial charge in [-0.1, -0.05) is 0 Å². The molecule has 1 unspecified atom stereocenters. The van der Waals surface area contributed by atoms with E-state index in [1.807, 2.05) is 0 Å². The van der Waals surface area contributed by atoms with E-state index in [1.165, 1.54) is 0 Å². The van der Waals surface area contributed by atoms with Crippen LogP contribution in [0.15, 0.2) is 16.6 Å². The van der Waals surface area contributed by atoms with Gasteiger partial charge >= 0.3 is 6.18 Å². The number of nitrogens with two attached hydrogens (primary N) is 1. The fourth-order valence-corrected chi connectivity index (χ4v) is 1.50. The zero-order valence-corrected chi connectivity index (χ0v) is 9.69. The molecule has 1 rings (SSSR count). The minimum Gasteiger partial charge on any atom is -0.496 e. The van der Waals surface area contributed by atoms with Crippen LogP contribution in [0.5, 0.6) is 5.75 Å². The summed E-state index contributed by atoms with van der Waals surface area (Å²) in [6.45, 7) is 0. The number of methoxy groups -OCH3 is 1. The van der Waals surface area contributed by atoms with E-state index in [2.05, 4.69) is 20.7 Å². The third-order valence-electron chi connectivity index (χ3n) is 1.96. The third-order valence-corrected chi connectivity index (χ3v) is 2.57. The highest BCUT2D eigenvalue weighted by Gasteiger charge is 2.39. The first-order valence-corrected chi connectivity index (χ1v) is 4.92. The van der Waals surface area contributed by atoms with Gasteiger partial charge in [0.1, 0.15) is 17.6 Å². The zero-order valence-electron chi connectivity index (χ0n) is 8.11. The SMILES string of the molecule is COc1cc(F)c(Br)cc1C(N)C(F)(F)F. The van der Waals surface area contributed by atoms with Crippen LogP contribution in [0.25, 0.3) is 0 Å². The van der Waals surface area contributed by atoms with Gasteiger partial charge in [0, 0.05) is 11.6 Å². The highest BCUT2D eigenvalue weighted by atomic mass is 79.9. The molecule has 90 valence electrons. The van der Waals surface area contributed by atoms with Crippen molar-refractivity contribution in [3.05, 3.63) is 28.0 Å².